The van der Waals surface area contributed by atoms with Crippen molar-refractivity contribution in [1.29, 1.82) is 0 Å². The SMILES string of the molecule is CCCCCCCCCCCCCCCCCCNC(=O)C(O)CCCC. The fourth-order valence-electron chi connectivity index (χ4n) is 3.53. The maximum Gasteiger partial charge on any atom is 0.248 e. The maximum atomic E-state index is 11.6. The summed E-state index contributed by atoms with van der Waals surface area (Å²) in [5, 5.41) is 12.5. The third-order valence-electron chi connectivity index (χ3n) is 5.46. The molecule has 0 aromatic heterocycles. The van der Waals surface area contributed by atoms with Crippen molar-refractivity contribution in [2.75, 3.05) is 6.54 Å². The van der Waals surface area contributed by atoms with Gasteiger partial charge in [-0.25, -0.2) is 0 Å². The maximum absolute atomic E-state index is 11.6. The van der Waals surface area contributed by atoms with Crippen LogP contribution in [-0.4, -0.2) is 23.7 Å². The Labute approximate surface area is 170 Å². The van der Waals surface area contributed by atoms with Gasteiger partial charge in [-0.15, -0.1) is 0 Å². The normalized spacial score (nSPS) is 12.3. The van der Waals surface area contributed by atoms with Gasteiger partial charge in [0.25, 0.3) is 0 Å². The number of carbonyl (C=O) groups is 1. The van der Waals surface area contributed by atoms with E-state index in [9.17, 15) is 9.90 Å². The molecule has 1 amide bonds. The van der Waals surface area contributed by atoms with Crippen molar-refractivity contribution in [1.82, 2.24) is 5.32 Å². The van der Waals surface area contributed by atoms with Gasteiger partial charge >= 0.3 is 0 Å². The van der Waals surface area contributed by atoms with Crippen LogP contribution in [0.1, 0.15) is 136 Å². The van der Waals surface area contributed by atoms with Crippen molar-refractivity contribution in [2.45, 2.75) is 142 Å². The van der Waals surface area contributed by atoms with Crippen LogP contribution in [0.5, 0.6) is 0 Å². The highest BCUT2D eigenvalue weighted by atomic mass is 16.3. The molecular formula is C24H49NO2. The number of carbonyl (C=O) groups excluding carboxylic acids is 1. The lowest BCUT2D eigenvalue weighted by Gasteiger charge is -2.10. The van der Waals surface area contributed by atoms with E-state index in [0.29, 0.717) is 13.0 Å². The smallest absolute Gasteiger partial charge is 0.248 e. The number of hydrogen-bond donors (Lipinski definition) is 2. The van der Waals surface area contributed by atoms with E-state index in [0.717, 1.165) is 19.3 Å². The third kappa shape index (κ3) is 20.0. The van der Waals surface area contributed by atoms with Gasteiger partial charge < -0.3 is 10.4 Å². The van der Waals surface area contributed by atoms with Gasteiger partial charge in [-0.3, -0.25) is 4.79 Å². The van der Waals surface area contributed by atoms with E-state index in [1.165, 1.54) is 96.3 Å². The second kappa shape index (κ2) is 21.7. The molecule has 0 bridgehead atoms. The van der Waals surface area contributed by atoms with Crippen LogP contribution in [0.3, 0.4) is 0 Å². The lowest BCUT2D eigenvalue weighted by molar-refractivity contribution is -0.129. The molecule has 0 aromatic rings. The van der Waals surface area contributed by atoms with Crippen molar-refractivity contribution >= 4 is 5.91 Å². The Hall–Kier alpha value is -0.570. The minimum Gasteiger partial charge on any atom is -0.383 e. The summed E-state index contributed by atoms with van der Waals surface area (Å²) in [5.41, 5.74) is 0. The fourth-order valence-corrected chi connectivity index (χ4v) is 3.53. The van der Waals surface area contributed by atoms with Gasteiger partial charge in [0.15, 0.2) is 0 Å². The Morgan fingerprint density at radius 2 is 1.00 bits per heavy atom. The van der Waals surface area contributed by atoms with Crippen LogP contribution in [0, 0.1) is 0 Å². The Morgan fingerprint density at radius 1 is 0.630 bits per heavy atom. The quantitative estimate of drug-likeness (QED) is 0.211. The summed E-state index contributed by atoms with van der Waals surface area (Å²) < 4.78 is 0. The standard InChI is InChI=1S/C24H49NO2/c1-3-5-7-8-9-10-11-12-13-14-15-16-17-18-19-20-22-25-24(27)23(26)21-6-4-2/h23,26H,3-22H2,1-2H3,(H,25,27). The van der Waals surface area contributed by atoms with Crippen LogP contribution < -0.4 is 5.32 Å². The Bertz CT molecular complexity index is 307. The molecule has 1 unspecified atom stereocenters. The van der Waals surface area contributed by atoms with Crippen molar-refractivity contribution in [3.63, 3.8) is 0 Å². The summed E-state index contributed by atoms with van der Waals surface area (Å²) in [6, 6.07) is 0. The molecule has 3 nitrogen and oxygen atoms in total. The predicted octanol–water partition coefficient (Wildman–Crippen LogP) is 6.92. The second-order valence-corrected chi connectivity index (χ2v) is 8.25. The summed E-state index contributed by atoms with van der Waals surface area (Å²) >= 11 is 0. The van der Waals surface area contributed by atoms with E-state index < -0.39 is 6.10 Å². The van der Waals surface area contributed by atoms with E-state index >= 15 is 0 Å². The Kier molecular flexibility index (Phi) is 21.3. The minimum atomic E-state index is -0.814. The second-order valence-electron chi connectivity index (χ2n) is 8.25. The number of rotatable bonds is 21. The van der Waals surface area contributed by atoms with Crippen LogP contribution in [0.25, 0.3) is 0 Å². The molecule has 0 heterocycles. The van der Waals surface area contributed by atoms with Crippen LogP contribution in [-0.2, 0) is 4.79 Å². The van der Waals surface area contributed by atoms with Crippen molar-refractivity contribution in [3.05, 3.63) is 0 Å². The molecule has 0 radical (unpaired) electrons. The van der Waals surface area contributed by atoms with Gasteiger partial charge in [0, 0.05) is 6.54 Å². The largest absolute Gasteiger partial charge is 0.383 e. The van der Waals surface area contributed by atoms with Gasteiger partial charge in [-0.1, -0.05) is 123 Å². The van der Waals surface area contributed by atoms with Gasteiger partial charge in [-0.2, -0.15) is 0 Å². The predicted molar refractivity (Wildman–Crippen MR) is 118 cm³/mol. The molecule has 0 aliphatic heterocycles. The van der Waals surface area contributed by atoms with Crippen LogP contribution in [0.15, 0.2) is 0 Å². The molecule has 0 spiro atoms. The number of aliphatic hydroxyl groups excluding tert-OH is 1. The molecule has 0 rings (SSSR count). The lowest BCUT2D eigenvalue weighted by atomic mass is 10.0. The molecule has 0 saturated carbocycles. The third-order valence-corrected chi connectivity index (χ3v) is 5.46. The summed E-state index contributed by atoms with van der Waals surface area (Å²) in [5.74, 6) is -0.190. The van der Waals surface area contributed by atoms with Crippen molar-refractivity contribution in [3.8, 4) is 0 Å². The number of unbranched alkanes of at least 4 members (excludes halogenated alkanes) is 16. The number of nitrogens with one attached hydrogen (secondary N) is 1. The van der Waals surface area contributed by atoms with E-state index in [1.54, 1.807) is 0 Å². The molecule has 2 N–H and O–H groups in total. The zero-order valence-electron chi connectivity index (χ0n) is 18.6. The molecule has 0 aromatic carbocycles. The van der Waals surface area contributed by atoms with E-state index in [4.69, 9.17) is 0 Å². The topological polar surface area (TPSA) is 49.3 Å². The number of amides is 1. The highest BCUT2D eigenvalue weighted by Crippen LogP contribution is 2.13. The first kappa shape index (κ1) is 26.4. The molecule has 0 saturated heterocycles. The summed E-state index contributed by atoms with van der Waals surface area (Å²) in [6.45, 7) is 5.06. The van der Waals surface area contributed by atoms with Gasteiger partial charge in [0.2, 0.25) is 5.91 Å². The van der Waals surface area contributed by atoms with Gasteiger partial charge in [-0.05, 0) is 12.8 Å². The highest BCUT2D eigenvalue weighted by Gasteiger charge is 2.12. The molecule has 27 heavy (non-hydrogen) atoms. The number of hydrogen-bond acceptors (Lipinski definition) is 2. The lowest BCUT2D eigenvalue weighted by Crippen LogP contribution is -2.35. The van der Waals surface area contributed by atoms with Crippen LogP contribution in [0.2, 0.25) is 0 Å². The highest BCUT2D eigenvalue weighted by molar-refractivity contribution is 5.80. The Morgan fingerprint density at radius 3 is 1.41 bits per heavy atom. The molecule has 0 fully saturated rings. The van der Waals surface area contributed by atoms with Crippen molar-refractivity contribution < 1.29 is 9.90 Å². The summed E-state index contributed by atoms with van der Waals surface area (Å²) in [6.07, 6.45) is 23.5. The molecule has 0 aliphatic rings. The van der Waals surface area contributed by atoms with E-state index in [-0.39, 0.29) is 5.91 Å². The summed E-state index contributed by atoms with van der Waals surface area (Å²) in [7, 11) is 0. The van der Waals surface area contributed by atoms with Crippen molar-refractivity contribution in [2.24, 2.45) is 0 Å². The monoisotopic (exact) mass is 383 g/mol. The van der Waals surface area contributed by atoms with Crippen LogP contribution in [0.4, 0.5) is 0 Å². The van der Waals surface area contributed by atoms with Crippen LogP contribution >= 0.6 is 0 Å². The minimum absolute atomic E-state index is 0.190. The first-order chi connectivity index (χ1) is 13.2. The molecule has 1 atom stereocenters. The van der Waals surface area contributed by atoms with Gasteiger partial charge in [0.1, 0.15) is 6.10 Å². The Balaban J connectivity index is 3.15. The summed E-state index contributed by atoms with van der Waals surface area (Å²) in [4.78, 5) is 11.6. The first-order valence-corrected chi connectivity index (χ1v) is 12.2. The number of aliphatic hydroxyl groups is 1. The zero-order chi connectivity index (χ0) is 20.0. The average molecular weight is 384 g/mol. The first-order valence-electron chi connectivity index (χ1n) is 12.2. The van der Waals surface area contributed by atoms with E-state index in [2.05, 4.69) is 19.2 Å². The average Bonchev–Trinajstić information content (AvgIpc) is 2.68. The molecule has 0 aliphatic carbocycles. The molecule has 162 valence electrons. The zero-order valence-corrected chi connectivity index (χ0v) is 18.6. The molecule has 3 heteroatoms. The van der Waals surface area contributed by atoms with E-state index in [1.807, 2.05) is 0 Å². The van der Waals surface area contributed by atoms with Gasteiger partial charge in [0.05, 0.1) is 0 Å². The molecular weight excluding hydrogens is 334 g/mol. The fraction of sp³-hybridized carbons (Fsp3) is 0.958.